The molecule has 1 N–H and O–H groups in total. The first-order chi connectivity index (χ1) is 9.63. The van der Waals surface area contributed by atoms with Crippen molar-refractivity contribution in [3.05, 3.63) is 33.9 Å². The first-order valence-corrected chi connectivity index (χ1v) is 6.80. The minimum Gasteiger partial charge on any atom is -0.388 e. The van der Waals surface area contributed by atoms with E-state index in [4.69, 9.17) is 4.74 Å². The maximum absolute atomic E-state index is 10.9. The number of nitro groups is 1. The van der Waals surface area contributed by atoms with Crippen molar-refractivity contribution in [3.63, 3.8) is 0 Å². The Balaban J connectivity index is 2.08. The Bertz CT molecular complexity index is 479. The van der Waals surface area contributed by atoms with Crippen LogP contribution in [-0.2, 0) is 11.3 Å². The Morgan fingerprint density at radius 2 is 2.35 bits per heavy atom. The maximum atomic E-state index is 10.9. The van der Waals surface area contributed by atoms with Gasteiger partial charge in [0.2, 0.25) is 0 Å². The monoisotopic (exact) mass is 279 g/mol. The normalized spacial score (nSPS) is 19.2. The summed E-state index contributed by atoms with van der Waals surface area (Å²) in [6.45, 7) is 3.52. The Morgan fingerprint density at radius 3 is 3.00 bits per heavy atom. The molecule has 110 valence electrons. The molecule has 1 aliphatic rings. The summed E-state index contributed by atoms with van der Waals surface area (Å²) >= 11 is 0. The number of methoxy groups -OCH3 is 1. The molecule has 1 aromatic carbocycles. The highest BCUT2D eigenvalue weighted by atomic mass is 16.6. The van der Waals surface area contributed by atoms with Crippen molar-refractivity contribution >= 4 is 11.4 Å². The second-order valence-corrected chi connectivity index (χ2v) is 5.19. The summed E-state index contributed by atoms with van der Waals surface area (Å²) < 4.78 is 5.19. The molecule has 1 heterocycles. The molecule has 1 aliphatic heterocycles. The van der Waals surface area contributed by atoms with E-state index < -0.39 is 0 Å². The van der Waals surface area contributed by atoms with Gasteiger partial charge in [0, 0.05) is 45.1 Å². The van der Waals surface area contributed by atoms with Gasteiger partial charge in [-0.25, -0.2) is 0 Å². The zero-order valence-electron chi connectivity index (χ0n) is 12.0. The van der Waals surface area contributed by atoms with E-state index in [1.54, 1.807) is 19.2 Å². The SMILES string of the molecule is CNc1ccc([N+](=O)[O-])cc1CN1CCC(COC)C1. The van der Waals surface area contributed by atoms with Gasteiger partial charge >= 0.3 is 0 Å². The molecule has 6 nitrogen and oxygen atoms in total. The predicted octanol–water partition coefficient (Wildman–Crippen LogP) is 2.10. The standard InChI is InChI=1S/C14H21N3O3/c1-15-14-4-3-13(17(18)19)7-12(14)9-16-6-5-11(8-16)10-20-2/h3-4,7,11,15H,5-6,8-10H2,1-2H3. The molecule has 6 heteroatoms. The number of hydrogen-bond acceptors (Lipinski definition) is 5. The van der Waals surface area contributed by atoms with Crippen molar-refractivity contribution in [2.24, 2.45) is 5.92 Å². The van der Waals surface area contributed by atoms with E-state index in [0.717, 1.165) is 43.9 Å². The van der Waals surface area contributed by atoms with Crippen molar-refractivity contribution in [1.29, 1.82) is 0 Å². The van der Waals surface area contributed by atoms with E-state index in [2.05, 4.69) is 10.2 Å². The van der Waals surface area contributed by atoms with Crippen LogP contribution in [0.3, 0.4) is 0 Å². The first-order valence-electron chi connectivity index (χ1n) is 6.80. The molecule has 0 saturated carbocycles. The highest BCUT2D eigenvalue weighted by molar-refractivity contribution is 5.55. The van der Waals surface area contributed by atoms with Crippen LogP contribution in [0.15, 0.2) is 18.2 Å². The van der Waals surface area contributed by atoms with Crippen molar-refractivity contribution in [3.8, 4) is 0 Å². The lowest BCUT2D eigenvalue weighted by Gasteiger charge is -2.18. The van der Waals surface area contributed by atoms with Crippen LogP contribution in [0.2, 0.25) is 0 Å². The second kappa shape index (κ2) is 6.67. The van der Waals surface area contributed by atoms with E-state index in [9.17, 15) is 10.1 Å². The molecule has 1 saturated heterocycles. The maximum Gasteiger partial charge on any atom is 0.269 e. The minimum absolute atomic E-state index is 0.145. The highest BCUT2D eigenvalue weighted by Gasteiger charge is 2.23. The smallest absolute Gasteiger partial charge is 0.269 e. The molecule has 2 rings (SSSR count). The number of nitro benzene ring substituents is 1. The lowest BCUT2D eigenvalue weighted by atomic mass is 10.1. The summed E-state index contributed by atoms with van der Waals surface area (Å²) in [4.78, 5) is 12.9. The van der Waals surface area contributed by atoms with Gasteiger partial charge < -0.3 is 10.1 Å². The highest BCUT2D eigenvalue weighted by Crippen LogP contribution is 2.26. The molecule has 1 atom stereocenters. The number of rotatable bonds is 6. The van der Waals surface area contributed by atoms with E-state index in [0.29, 0.717) is 5.92 Å². The summed E-state index contributed by atoms with van der Waals surface area (Å²) in [7, 11) is 3.56. The predicted molar refractivity (Wildman–Crippen MR) is 77.9 cm³/mol. The molecule has 0 bridgehead atoms. The number of nitrogens with zero attached hydrogens (tertiary/aromatic N) is 2. The molecule has 1 fully saturated rings. The van der Waals surface area contributed by atoms with Gasteiger partial charge in [-0.05, 0) is 30.5 Å². The third-order valence-electron chi connectivity index (χ3n) is 3.74. The zero-order valence-corrected chi connectivity index (χ0v) is 12.0. The number of non-ortho nitro benzene ring substituents is 1. The van der Waals surface area contributed by atoms with Crippen LogP contribution in [0, 0.1) is 16.0 Å². The van der Waals surface area contributed by atoms with Crippen molar-refractivity contribution in [2.45, 2.75) is 13.0 Å². The number of hydrogen-bond donors (Lipinski definition) is 1. The fourth-order valence-corrected chi connectivity index (χ4v) is 2.74. The molecule has 1 aromatic rings. The van der Waals surface area contributed by atoms with E-state index in [-0.39, 0.29) is 10.6 Å². The molecular formula is C14H21N3O3. The van der Waals surface area contributed by atoms with Gasteiger partial charge in [-0.3, -0.25) is 15.0 Å². The van der Waals surface area contributed by atoms with Crippen molar-refractivity contribution in [2.75, 3.05) is 39.2 Å². The molecule has 0 radical (unpaired) electrons. The van der Waals surface area contributed by atoms with Crippen LogP contribution in [-0.4, -0.2) is 43.7 Å². The molecule has 0 spiro atoms. The summed E-state index contributed by atoms with van der Waals surface area (Å²) in [5.41, 5.74) is 2.07. The fourth-order valence-electron chi connectivity index (χ4n) is 2.74. The summed E-state index contributed by atoms with van der Waals surface area (Å²) in [6, 6.07) is 4.97. The van der Waals surface area contributed by atoms with Gasteiger partial charge in [0.15, 0.2) is 0 Å². The lowest BCUT2D eigenvalue weighted by molar-refractivity contribution is -0.384. The fraction of sp³-hybridized carbons (Fsp3) is 0.571. The van der Waals surface area contributed by atoms with Crippen molar-refractivity contribution in [1.82, 2.24) is 4.90 Å². The topological polar surface area (TPSA) is 67.6 Å². The molecule has 1 unspecified atom stereocenters. The second-order valence-electron chi connectivity index (χ2n) is 5.19. The van der Waals surface area contributed by atoms with E-state index >= 15 is 0 Å². The number of benzene rings is 1. The minimum atomic E-state index is -0.347. The van der Waals surface area contributed by atoms with Crippen molar-refractivity contribution < 1.29 is 9.66 Å². The number of ether oxygens (including phenoxy) is 1. The Labute approximate surface area is 118 Å². The van der Waals surface area contributed by atoms with E-state index in [1.165, 1.54) is 6.07 Å². The largest absolute Gasteiger partial charge is 0.388 e. The summed E-state index contributed by atoms with van der Waals surface area (Å²) in [5.74, 6) is 0.566. The van der Waals surface area contributed by atoms with Gasteiger partial charge in [0.1, 0.15) is 0 Å². The van der Waals surface area contributed by atoms with Crippen LogP contribution in [0.5, 0.6) is 0 Å². The van der Waals surface area contributed by atoms with E-state index in [1.807, 2.05) is 7.05 Å². The number of nitrogens with one attached hydrogen (secondary N) is 1. The molecular weight excluding hydrogens is 258 g/mol. The quantitative estimate of drug-likeness (QED) is 0.638. The van der Waals surface area contributed by atoms with Crippen LogP contribution in [0.1, 0.15) is 12.0 Å². The Morgan fingerprint density at radius 1 is 1.55 bits per heavy atom. The van der Waals surface area contributed by atoms with Crippen LogP contribution < -0.4 is 5.32 Å². The molecule has 0 aliphatic carbocycles. The van der Waals surface area contributed by atoms with Gasteiger partial charge in [-0.15, -0.1) is 0 Å². The summed E-state index contributed by atoms with van der Waals surface area (Å²) in [5, 5.41) is 14.0. The Kier molecular flexibility index (Phi) is 4.92. The zero-order chi connectivity index (χ0) is 14.5. The molecule has 0 amide bonds. The van der Waals surface area contributed by atoms with Crippen LogP contribution in [0.4, 0.5) is 11.4 Å². The third-order valence-corrected chi connectivity index (χ3v) is 3.74. The summed E-state index contributed by atoms with van der Waals surface area (Å²) in [6.07, 6.45) is 1.12. The van der Waals surface area contributed by atoms with Crippen LogP contribution in [0.25, 0.3) is 0 Å². The average molecular weight is 279 g/mol. The van der Waals surface area contributed by atoms with Gasteiger partial charge in [0.25, 0.3) is 5.69 Å². The third kappa shape index (κ3) is 3.46. The molecule has 0 aromatic heterocycles. The Hall–Kier alpha value is -1.66. The number of likely N-dealkylation sites (tertiary alicyclic amines) is 1. The number of anilines is 1. The van der Waals surface area contributed by atoms with Crippen LogP contribution >= 0.6 is 0 Å². The average Bonchev–Trinajstić information content (AvgIpc) is 2.86. The lowest BCUT2D eigenvalue weighted by Crippen LogP contribution is -2.22. The van der Waals surface area contributed by atoms with Gasteiger partial charge in [-0.1, -0.05) is 0 Å². The molecule has 20 heavy (non-hydrogen) atoms. The first kappa shape index (κ1) is 14.7. The van der Waals surface area contributed by atoms with Gasteiger partial charge in [0.05, 0.1) is 11.5 Å². The van der Waals surface area contributed by atoms with Gasteiger partial charge in [-0.2, -0.15) is 0 Å².